The van der Waals surface area contributed by atoms with Crippen molar-refractivity contribution in [1.82, 2.24) is 19.7 Å². The topological polar surface area (TPSA) is 118 Å². The lowest BCUT2D eigenvalue weighted by Crippen LogP contribution is -2.46. The normalized spacial score (nSPS) is 19.9. The van der Waals surface area contributed by atoms with Gasteiger partial charge in [0.15, 0.2) is 0 Å². The van der Waals surface area contributed by atoms with Crippen LogP contribution >= 0.6 is 11.6 Å². The number of hydrogen-bond donors (Lipinski definition) is 1. The van der Waals surface area contributed by atoms with E-state index in [9.17, 15) is 23.9 Å². The molecule has 11 heteroatoms. The molecule has 2 aliphatic rings. The Morgan fingerprint density at radius 2 is 1.92 bits per heavy atom. The number of benzene rings is 1. The molecule has 0 aliphatic carbocycles. The lowest BCUT2D eigenvalue weighted by molar-refractivity contribution is -0.136. The number of hydrogen-bond acceptors (Lipinski definition) is 5. The quantitative estimate of drug-likeness (QED) is 0.635. The van der Waals surface area contributed by atoms with Gasteiger partial charge >= 0.3 is 6.09 Å². The maximum atomic E-state index is 14.2. The zero-order valence-electron chi connectivity index (χ0n) is 20.3. The van der Waals surface area contributed by atoms with E-state index >= 15 is 0 Å². The summed E-state index contributed by atoms with van der Waals surface area (Å²) in [6, 6.07) is 8.89. The smallest absolute Gasteiger partial charge is 0.407 e. The first kappa shape index (κ1) is 26.4. The molecule has 0 unspecified atom stereocenters. The Morgan fingerprint density at radius 3 is 2.49 bits per heavy atom. The summed E-state index contributed by atoms with van der Waals surface area (Å²) in [6.07, 6.45) is 1.24. The Bertz CT molecular complexity index is 1230. The van der Waals surface area contributed by atoms with E-state index in [1.165, 1.54) is 29.3 Å². The van der Waals surface area contributed by atoms with Gasteiger partial charge in [-0.25, -0.2) is 14.2 Å². The summed E-state index contributed by atoms with van der Waals surface area (Å²) >= 11 is 5.84. The average Bonchev–Trinajstić information content (AvgIpc) is 3.34. The number of pyridine rings is 1. The fourth-order valence-electron chi connectivity index (χ4n) is 5.22. The Hall–Kier alpha value is -3.71. The standard InChI is InChI=1S/C26H27ClFN5O4/c1-2-33(26(36)37)23-15-32(14-20(23)17-4-6-21(27)22(28)11-17)24(34)16-7-9-31(10-8-16)25(35)18-3-5-19(12-29)30-13-18/h3-6,11,13,16,20,23H,2,7-10,14-15H2,1H3,(H,36,37)/t20-,23+/m0/s1. The zero-order valence-corrected chi connectivity index (χ0v) is 21.1. The summed E-state index contributed by atoms with van der Waals surface area (Å²) in [4.78, 5) is 46.8. The molecular formula is C26H27ClFN5O4. The Balaban J connectivity index is 1.44. The second-order valence-electron chi connectivity index (χ2n) is 9.27. The molecule has 194 valence electrons. The van der Waals surface area contributed by atoms with E-state index in [0.29, 0.717) is 37.1 Å². The molecule has 37 heavy (non-hydrogen) atoms. The molecule has 0 spiro atoms. The summed E-state index contributed by atoms with van der Waals surface area (Å²) in [7, 11) is 0. The van der Waals surface area contributed by atoms with Gasteiger partial charge in [-0.2, -0.15) is 5.26 Å². The number of rotatable bonds is 5. The number of piperidine rings is 1. The van der Waals surface area contributed by atoms with Crippen LogP contribution in [0.2, 0.25) is 5.02 Å². The Morgan fingerprint density at radius 1 is 1.19 bits per heavy atom. The molecule has 1 N–H and O–H groups in total. The van der Waals surface area contributed by atoms with Gasteiger partial charge in [-0.15, -0.1) is 0 Å². The van der Waals surface area contributed by atoms with Crippen molar-refractivity contribution >= 4 is 29.5 Å². The maximum absolute atomic E-state index is 14.2. The van der Waals surface area contributed by atoms with Crippen molar-refractivity contribution in [3.8, 4) is 6.07 Å². The van der Waals surface area contributed by atoms with Crippen LogP contribution in [0.4, 0.5) is 9.18 Å². The predicted molar refractivity (Wildman–Crippen MR) is 133 cm³/mol. The molecule has 2 aromatic rings. The van der Waals surface area contributed by atoms with Crippen LogP contribution in [0, 0.1) is 23.1 Å². The molecule has 0 saturated carbocycles. The second-order valence-corrected chi connectivity index (χ2v) is 9.68. The maximum Gasteiger partial charge on any atom is 0.407 e. The van der Waals surface area contributed by atoms with Crippen molar-refractivity contribution in [3.63, 3.8) is 0 Å². The number of carbonyl (C=O) groups excluding carboxylic acids is 2. The lowest BCUT2D eigenvalue weighted by atomic mass is 9.93. The number of likely N-dealkylation sites (N-methyl/N-ethyl adjacent to an activating group) is 1. The molecule has 0 bridgehead atoms. The van der Waals surface area contributed by atoms with Crippen LogP contribution in [0.5, 0.6) is 0 Å². The van der Waals surface area contributed by atoms with E-state index in [1.54, 1.807) is 28.9 Å². The molecule has 1 aromatic carbocycles. The third kappa shape index (κ3) is 5.52. The van der Waals surface area contributed by atoms with Crippen LogP contribution in [0.25, 0.3) is 0 Å². The first-order valence-corrected chi connectivity index (χ1v) is 12.5. The van der Waals surface area contributed by atoms with Gasteiger partial charge in [0.05, 0.1) is 16.6 Å². The molecule has 9 nitrogen and oxygen atoms in total. The van der Waals surface area contributed by atoms with Crippen LogP contribution in [-0.4, -0.2) is 81.5 Å². The fraction of sp³-hybridized carbons (Fsp3) is 0.423. The molecule has 3 heterocycles. The van der Waals surface area contributed by atoms with Crippen LogP contribution < -0.4 is 0 Å². The van der Waals surface area contributed by atoms with Crippen molar-refractivity contribution < 1.29 is 23.9 Å². The summed E-state index contributed by atoms with van der Waals surface area (Å²) in [5.74, 6) is -1.57. The summed E-state index contributed by atoms with van der Waals surface area (Å²) < 4.78 is 14.2. The minimum absolute atomic E-state index is 0.0186. The molecule has 2 saturated heterocycles. The van der Waals surface area contributed by atoms with Gasteiger partial charge in [0.25, 0.3) is 5.91 Å². The minimum Gasteiger partial charge on any atom is -0.465 e. The van der Waals surface area contributed by atoms with Gasteiger partial charge in [-0.05, 0) is 49.6 Å². The zero-order chi connectivity index (χ0) is 26.7. The van der Waals surface area contributed by atoms with E-state index in [2.05, 4.69) is 4.98 Å². The number of nitrogens with zero attached hydrogens (tertiary/aromatic N) is 5. The van der Waals surface area contributed by atoms with Gasteiger partial charge < -0.3 is 19.8 Å². The highest BCUT2D eigenvalue weighted by atomic mass is 35.5. The molecule has 0 radical (unpaired) electrons. The summed E-state index contributed by atoms with van der Waals surface area (Å²) in [6.45, 7) is 3.24. The van der Waals surface area contributed by atoms with Crippen molar-refractivity contribution in [3.05, 3.63) is 64.2 Å². The van der Waals surface area contributed by atoms with Crippen molar-refractivity contribution in [1.29, 1.82) is 5.26 Å². The van der Waals surface area contributed by atoms with E-state index in [0.717, 1.165) is 0 Å². The molecule has 4 rings (SSSR count). The average molecular weight is 528 g/mol. The molecular weight excluding hydrogens is 501 g/mol. The number of carboxylic acid groups (broad SMARTS) is 1. The Labute approximate surface area is 219 Å². The third-order valence-corrected chi connectivity index (χ3v) is 7.52. The number of amides is 3. The molecule has 3 amide bonds. The second kappa shape index (κ2) is 11.1. The van der Waals surface area contributed by atoms with Crippen LogP contribution in [0.1, 0.15) is 47.3 Å². The monoisotopic (exact) mass is 527 g/mol. The highest BCUT2D eigenvalue weighted by Crippen LogP contribution is 2.34. The van der Waals surface area contributed by atoms with Gasteiger partial charge in [0.1, 0.15) is 17.6 Å². The van der Waals surface area contributed by atoms with E-state index in [4.69, 9.17) is 16.9 Å². The summed E-state index contributed by atoms with van der Waals surface area (Å²) in [5, 5.41) is 18.6. The highest BCUT2D eigenvalue weighted by Gasteiger charge is 2.43. The van der Waals surface area contributed by atoms with Gasteiger partial charge in [0.2, 0.25) is 5.91 Å². The van der Waals surface area contributed by atoms with E-state index < -0.39 is 23.9 Å². The highest BCUT2D eigenvalue weighted by molar-refractivity contribution is 6.30. The van der Waals surface area contributed by atoms with Gasteiger partial charge in [-0.1, -0.05) is 17.7 Å². The van der Waals surface area contributed by atoms with Gasteiger partial charge in [0, 0.05) is 50.8 Å². The first-order valence-electron chi connectivity index (χ1n) is 12.1. The third-order valence-electron chi connectivity index (χ3n) is 7.22. The molecule has 1 aromatic heterocycles. The minimum atomic E-state index is -1.09. The number of halogens is 2. The largest absolute Gasteiger partial charge is 0.465 e. The number of aromatic nitrogens is 1. The van der Waals surface area contributed by atoms with Crippen LogP contribution in [0.3, 0.4) is 0 Å². The lowest BCUT2D eigenvalue weighted by Gasteiger charge is -2.33. The first-order chi connectivity index (χ1) is 17.7. The van der Waals surface area contributed by atoms with Crippen molar-refractivity contribution in [2.24, 2.45) is 5.92 Å². The van der Waals surface area contributed by atoms with Gasteiger partial charge in [-0.3, -0.25) is 9.59 Å². The van der Waals surface area contributed by atoms with Crippen LogP contribution in [-0.2, 0) is 4.79 Å². The SMILES string of the molecule is CCN(C(=O)O)[C@@H]1CN(C(=O)C2CCN(C(=O)c3ccc(C#N)nc3)CC2)C[C@H]1c1ccc(Cl)c(F)c1. The van der Waals surface area contributed by atoms with E-state index in [-0.39, 0.29) is 48.1 Å². The Kier molecular flexibility index (Phi) is 7.93. The fourth-order valence-corrected chi connectivity index (χ4v) is 5.34. The van der Waals surface area contributed by atoms with Crippen molar-refractivity contribution in [2.75, 3.05) is 32.7 Å². The summed E-state index contributed by atoms with van der Waals surface area (Å²) in [5.41, 5.74) is 1.21. The molecule has 2 fully saturated rings. The molecule has 2 atom stereocenters. The predicted octanol–water partition coefficient (Wildman–Crippen LogP) is 3.59. The molecule has 2 aliphatic heterocycles. The van der Waals surface area contributed by atoms with Crippen LogP contribution in [0.15, 0.2) is 36.5 Å². The number of nitriles is 1. The number of carbonyl (C=O) groups is 3. The van der Waals surface area contributed by atoms with E-state index in [1.807, 2.05) is 6.07 Å². The number of likely N-dealkylation sites (tertiary alicyclic amines) is 2. The van der Waals surface area contributed by atoms with Crippen molar-refractivity contribution in [2.45, 2.75) is 31.7 Å².